The van der Waals surface area contributed by atoms with Crippen molar-refractivity contribution >= 4 is 11.7 Å². The number of hydrogen-bond donors (Lipinski definition) is 1. The van der Waals surface area contributed by atoms with Gasteiger partial charge in [0, 0.05) is 19.6 Å². The van der Waals surface area contributed by atoms with Gasteiger partial charge in [-0.3, -0.25) is 4.79 Å². The molecule has 0 saturated carbocycles. The van der Waals surface area contributed by atoms with E-state index in [0.29, 0.717) is 17.6 Å². The average molecular weight is 277 g/mol. The first-order valence-corrected chi connectivity index (χ1v) is 7.15. The summed E-state index contributed by atoms with van der Waals surface area (Å²) >= 11 is 0. The van der Waals surface area contributed by atoms with Gasteiger partial charge in [0.1, 0.15) is 5.82 Å². The van der Waals surface area contributed by atoms with Crippen molar-refractivity contribution in [2.45, 2.75) is 25.8 Å². The van der Waals surface area contributed by atoms with Gasteiger partial charge in [0.2, 0.25) is 0 Å². The van der Waals surface area contributed by atoms with Crippen molar-refractivity contribution in [1.29, 1.82) is 0 Å². The molecule has 1 amide bonds. The van der Waals surface area contributed by atoms with Crippen LogP contribution < -0.4 is 5.32 Å². The first-order valence-electron chi connectivity index (χ1n) is 7.15. The van der Waals surface area contributed by atoms with E-state index in [2.05, 4.69) is 27.5 Å². The molecule has 1 aromatic heterocycles. The molecule has 1 aliphatic heterocycles. The zero-order valence-corrected chi connectivity index (χ0v) is 12.5. The van der Waals surface area contributed by atoms with Gasteiger partial charge in [-0.15, -0.1) is 10.2 Å². The Morgan fingerprint density at radius 3 is 2.65 bits per heavy atom. The summed E-state index contributed by atoms with van der Waals surface area (Å²) in [7, 11) is 3.97. The van der Waals surface area contributed by atoms with Crippen LogP contribution in [0.1, 0.15) is 30.3 Å². The Kier molecular flexibility index (Phi) is 4.89. The standard InChI is InChI=1S/C14H23N5O/c1-4-15-13-6-5-12(16-17-13)14(20)19(3)11-7-9-18(2)10-8-11/h5-6,11H,4,7-10H2,1-3H3,(H,15,17). The van der Waals surface area contributed by atoms with E-state index < -0.39 is 0 Å². The van der Waals surface area contributed by atoms with Crippen LogP contribution in [-0.2, 0) is 0 Å². The van der Waals surface area contributed by atoms with Gasteiger partial charge >= 0.3 is 0 Å². The second-order valence-electron chi connectivity index (χ2n) is 5.28. The van der Waals surface area contributed by atoms with E-state index in [1.165, 1.54) is 0 Å². The number of aromatic nitrogens is 2. The Hall–Kier alpha value is -1.69. The number of carbonyl (C=O) groups is 1. The molecule has 2 heterocycles. The monoisotopic (exact) mass is 277 g/mol. The van der Waals surface area contributed by atoms with Crippen LogP contribution >= 0.6 is 0 Å². The summed E-state index contributed by atoms with van der Waals surface area (Å²) in [5.74, 6) is 0.654. The highest BCUT2D eigenvalue weighted by Crippen LogP contribution is 2.16. The van der Waals surface area contributed by atoms with Crippen LogP contribution in [0.4, 0.5) is 5.82 Å². The third-order valence-electron chi connectivity index (χ3n) is 3.80. The number of amides is 1. The molecule has 6 nitrogen and oxygen atoms in total. The van der Waals surface area contributed by atoms with E-state index in [-0.39, 0.29) is 5.91 Å². The fourth-order valence-corrected chi connectivity index (χ4v) is 2.45. The Morgan fingerprint density at radius 2 is 2.10 bits per heavy atom. The minimum atomic E-state index is -0.0462. The number of likely N-dealkylation sites (tertiary alicyclic amines) is 1. The van der Waals surface area contributed by atoms with Gasteiger partial charge in [-0.25, -0.2) is 0 Å². The molecule has 0 aromatic carbocycles. The van der Waals surface area contributed by atoms with Crippen molar-refractivity contribution < 1.29 is 4.79 Å². The quantitative estimate of drug-likeness (QED) is 0.892. The molecule has 1 aliphatic rings. The molecule has 0 spiro atoms. The lowest BCUT2D eigenvalue weighted by Crippen LogP contribution is -2.44. The molecule has 1 aromatic rings. The van der Waals surface area contributed by atoms with Crippen molar-refractivity contribution in [2.24, 2.45) is 0 Å². The molecule has 6 heteroatoms. The fraction of sp³-hybridized carbons (Fsp3) is 0.643. The number of nitrogens with one attached hydrogen (secondary N) is 1. The molecule has 0 radical (unpaired) electrons. The minimum Gasteiger partial charge on any atom is -0.369 e. The maximum absolute atomic E-state index is 12.4. The normalized spacial score (nSPS) is 16.9. The lowest BCUT2D eigenvalue weighted by Gasteiger charge is -2.34. The Balaban J connectivity index is 1.99. The van der Waals surface area contributed by atoms with E-state index in [4.69, 9.17) is 0 Å². The fourth-order valence-electron chi connectivity index (χ4n) is 2.45. The number of carbonyl (C=O) groups excluding carboxylic acids is 1. The first-order chi connectivity index (χ1) is 9.61. The molecule has 0 atom stereocenters. The van der Waals surface area contributed by atoms with E-state index >= 15 is 0 Å². The van der Waals surface area contributed by atoms with Crippen LogP contribution in [-0.4, -0.2) is 65.7 Å². The Labute approximate surface area is 120 Å². The summed E-state index contributed by atoms with van der Waals surface area (Å²) in [5, 5.41) is 11.1. The summed E-state index contributed by atoms with van der Waals surface area (Å²) in [6, 6.07) is 3.83. The molecule has 0 unspecified atom stereocenters. The van der Waals surface area contributed by atoms with E-state index in [0.717, 1.165) is 32.5 Å². The van der Waals surface area contributed by atoms with E-state index in [1.54, 1.807) is 12.1 Å². The van der Waals surface area contributed by atoms with E-state index in [9.17, 15) is 4.79 Å². The average Bonchev–Trinajstić information content (AvgIpc) is 2.48. The molecular formula is C14H23N5O. The SMILES string of the molecule is CCNc1ccc(C(=O)N(C)C2CCN(C)CC2)nn1. The number of rotatable bonds is 4. The van der Waals surface area contributed by atoms with Gasteiger partial charge in [0.25, 0.3) is 5.91 Å². The molecule has 20 heavy (non-hydrogen) atoms. The zero-order chi connectivity index (χ0) is 14.5. The minimum absolute atomic E-state index is 0.0462. The largest absolute Gasteiger partial charge is 0.369 e. The highest BCUT2D eigenvalue weighted by molar-refractivity contribution is 5.92. The molecule has 1 N–H and O–H groups in total. The van der Waals surface area contributed by atoms with Crippen LogP contribution in [0.5, 0.6) is 0 Å². The lowest BCUT2D eigenvalue weighted by molar-refractivity contribution is 0.0652. The predicted octanol–water partition coefficient (Wildman–Crippen LogP) is 1.07. The topological polar surface area (TPSA) is 61.4 Å². The van der Waals surface area contributed by atoms with Gasteiger partial charge in [0.15, 0.2) is 5.69 Å². The summed E-state index contributed by atoms with van der Waals surface area (Å²) in [6.45, 7) is 4.85. The van der Waals surface area contributed by atoms with Crippen molar-refractivity contribution in [3.05, 3.63) is 17.8 Å². The number of nitrogens with zero attached hydrogens (tertiary/aromatic N) is 4. The Morgan fingerprint density at radius 1 is 1.40 bits per heavy atom. The summed E-state index contributed by atoms with van der Waals surface area (Å²) in [4.78, 5) is 16.5. The molecule has 1 saturated heterocycles. The van der Waals surface area contributed by atoms with Crippen molar-refractivity contribution in [2.75, 3.05) is 39.0 Å². The van der Waals surface area contributed by atoms with Crippen molar-refractivity contribution in [1.82, 2.24) is 20.0 Å². The summed E-state index contributed by atoms with van der Waals surface area (Å²) < 4.78 is 0. The van der Waals surface area contributed by atoms with Crippen LogP contribution in [0.3, 0.4) is 0 Å². The van der Waals surface area contributed by atoms with Gasteiger partial charge in [0.05, 0.1) is 0 Å². The van der Waals surface area contributed by atoms with E-state index in [1.807, 2.05) is 18.9 Å². The molecule has 0 bridgehead atoms. The summed E-state index contributed by atoms with van der Waals surface area (Å²) in [6.07, 6.45) is 2.03. The smallest absolute Gasteiger partial charge is 0.274 e. The van der Waals surface area contributed by atoms with Gasteiger partial charge in [-0.2, -0.15) is 0 Å². The van der Waals surface area contributed by atoms with Crippen LogP contribution in [0.25, 0.3) is 0 Å². The number of piperidine rings is 1. The first kappa shape index (κ1) is 14.7. The maximum Gasteiger partial charge on any atom is 0.274 e. The van der Waals surface area contributed by atoms with Crippen LogP contribution in [0.2, 0.25) is 0 Å². The second-order valence-corrected chi connectivity index (χ2v) is 5.28. The van der Waals surface area contributed by atoms with Crippen molar-refractivity contribution in [3.8, 4) is 0 Å². The highest BCUT2D eigenvalue weighted by Gasteiger charge is 2.25. The molecule has 0 aliphatic carbocycles. The second kappa shape index (κ2) is 6.65. The van der Waals surface area contributed by atoms with Gasteiger partial charge in [-0.1, -0.05) is 0 Å². The number of anilines is 1. The lowest BCUT2D eigenvalue weighted by atomic mass is 10.0. The van der Waals surface area contributed by atoms with Crippen molar-refractivity contribution in [3.63, 3.8) is 0 Å². The molecule has 2 rings (SSSR count). The number of hydrogen-bond acceptors (Lipinski definition) is 5. The van der Waals surface area contributed by atoms with Crippen LogP contribution in [0.15, 0.2) is 12.1 Å². The predicted molar refractivity (Wildman–Crippen MR) is 78.8 cm³/mol. The molecule has 110 valence electrons. The third kappa shape index (κ3) is 3.45. The summed E-state index contributed by atoms with van der Waals surface area (Å²) in [5.41, 5.74) is 0.410. The van der Waals surface area contributed by atoms with Gasteiger partial charge in [-0.05, 0) is 52.0 Å². The zero-order valence-electron chi connectivity index (χ0n) is 12.5. The molecule has 1 fully saturated rings. The maximum atomic E-state index is 12.4. The molecular weight excluding hydrogens is 254 g/mol. The highest BCUT2D eigenvalue weighted by atomic mass is 16.2. The third-order valence-corrected chi connectivity index (χ3v) is 3.80. The Bertz CT molecular complexity index is 439. The van der Waals surface area contributed by atoms with Gasteiger partial charge < -0.3 is 15.1 Å². The van der Waals surface area contributed by atoms with Crippen LogP contribution in [0, 0.1) is 0 Å².